The van der Waals surface area contributed by atoms with Crippen LogP contribution in [-0.2, 0) is 4.79 Å². The zero-order chi connectivity index (χ0) is 17.5. The Kier molecular flexibility index (Phi) is 6.25. The number of rotatable bonds is 5. The quantitative estimate of drug-likeness (QED) is 0.665. The number of carbonyl (C=O) groups excluding carboxylic acids is 1. The van der Waals surface area contributed by atoms with Crippen LogP contribution in [0.5, 0.6) is 11.5 Å². The van der Waals surface area contributed by atoms with Gasteiger partial charge in [0.2, 0.25) is 0 Å². The summed E-state index contributed by atoms with van der Waals surface area (Å²) in [6.45, 7) is 2.15. The molecular formula is C19H24N2O3. The van der Waals surface area contributed by atoms with Gasteiger partial charge >= 0.3 is 0 Å². The van der Waals surface area contributed by atoms with E-state index in [0.717, 1.165) is 19.3 Å². The molecule has 2 atom stereocenters. The van der Waals surface area contributed by atoms with Gasteiger partial charge in [0.05, 0.1) is 14.2 Å². The first-order valence-electron chi connectivity index (χ1n) is 8.23. The maximum atomic E-state index is 12.4. The molecule has 128 valence electrons. The molecule has 1 aliphatic rings. The van der Waals surface area contributed by atoms with Crippen LogP contribution in [0.3, 0.4) is 0 Å². The summed E-state index contributed by atoms with van der Waals surface area (Å²) >= 11 is 0. The van der Waals surface area contributed by atoms with Gasteiger partial charge in [0, 0.05) is 17.7 Å². The first-order chi connectivity index (χ1) is 11.6. The zero-order valence-electron chi connectivity index (χ0n) is 14.5. The summed E-state index contributed by atoms with van der Waals surface area (Å²) in [5, 5.41) is 12.4. The molecule has 5 heteroatoms. The lowest BCUT2D eigenvalue weighted by molar-refractivity contribution is -0.118. The number of nitrogens with zero attached hydrogens (tertiary/aromatic N) is 1. The van der Waals surface area contributed by atoms with Crippen LogP contribution in [0.15, 0.2) is 23.8 Å². The lowest BCUT2D eigenvalue weighted by Crippen LogP contribution is -2.41. The molecule has 1 saturated carbocycles. The third kappa shape index (κ3) is 4.29. The van der Waals surface area contributed by atoms with Gasteiger partial charge in [-0.05, 0) is 37.0 Å². The van der Waals surface area contributed by atoms with Crippen molar-refractivity contribution >= 4 is 12.0 Å². The van der Waals surface area contributed by atoms with E-state index in [4.69, 9.17) is 9.47 Å². The molecule has 1 aliphatic carbocycles. The first kappa shape index (κ1) is 17.9. The minimum absolute atomic E-state index is 0.0799. The normalized spacial score (nSPS) is 20.8. The molecule has 1 amide bonds. The molecule has 0 spiro atoms. The summed E-state index contributed by atoms with van der Waals surface area (Å²) < 4.78 is 10.5. The smallest absolute Gasteiger partial charge is 0.262 e. The molecule has 1 aromatic carbocycles. The number of ether oxygens (including phenoxy) is 2. The second-order valence-electron chi connectivity index (χ2n) is 6.12. The highest BCUT2D eigenvalue weighted by Crippen LogP contribution is 2.27. The van der Waals surface area contributed by atoms with E-state index >= 15 is 0 Å². The fourth-order valence-electron chi connectivity index (χ4n) is 3.02. The van der Waals surface area contributed by atoms with Crippen LogP contribution in [0.25, 0.3) is 6.08 Å². The van der Waals surface area contributed by atoms with Crippen molar-refractivity contribution in [2.75, 3.05) is 14.2 Å². The van der Waals surface area contributed by atoms with Crippen molar-refractivity contribution in [3.8, 4) is 17.6 Å². The van der Waals surface area contributed by atoms with Gasteiger partial charge in [0.25, 0.3) is 5.91 Å². The highest BCUT2D eigenvalue weighted by atomic mass is 16.5. The Bertz CT molecular complexity index is 661. The standard InChI is InChI=1S/C19H24N2O3/c1-13-6-4-5-7-17(13)21-19(22)15(12-20)10-14-8-9-16(23-2)11-18(14)24-3/h8-11,13,17H,4-7H2,1-3H3,(H,21,22)/b15-10+/t13-,17-/m0/s1. The van der Waals surface area contributed by atoms with Gasteiger partial charge in [0.1, 0.15) is 23.1 Å². The van der Waals surface area contributed by atoms with Crippen LogP contribution in [0.4, 0.5) is 0 Å². The Morgan fingerprint density at radius 2 is 2.04 bits per heavy atom. The fourth-order valence-corrected chi connectivity index (χ4v) is 3.02. The van der Waals surface area contributed by atoms with Crippen molar-refractivity contribution in [3.05, 3.63) is 29.3 Å². The highest BCUT2D eigenvalue weighted by molar-refractivity contribution is 6.02. The largest absolute Gasteiger partial charge is 0.497 e. The summed E-state index contributed by atoms with van der Waals surface area (Å²) in [6.07, 6.45) is 5.96. The molecule has 0 heterocycles. The van der Waals surface area contributed by atoms with Crippen LogP contribution in [0, 0.1) is 17.2 Å². The van der Waals surface area contributed by atoms with Crippen LogP contribution < -0.4 is 14.8 Å². The van der Waals surface area contributed by atoms with Crippen molar-refractivity contribution in [1.82, 2.24) is 5.32 Å². The van der Waals surface area contributed by atoms with E-state index < -0.39 is 0 Å². The molecule has 0 aliphatic heterocycles. The number of hydrogen-bond acceptors (Lipinski definition) is 4. The van der Waals surface area contributed by atoms with E-state index in [2.05, 4.69) is 12.2 Å². The van der Waals surface area contributed by atoms with Crippen molar-refractivity contribution in [3.63, 3.8) is 0 Å². The monoisotopic (exact) mass is 328 g/mol. The maximum absolute atomic E-state index is 12.4. The van der Waals surface area contributed by atoms with E-state index in [0.29, 0.717) is 23.0 Å². The number of methoxy groups -OCH3 is 2. The third-order valence-corrected chi connectivity index (χ3v) is 4.53. The molecule has 0 saturated heterocycles. The number of hydrogen-bond donors (Lipinski definition) is 1. The lowest BCUT2D eigenvalue weighted by atomic mass is 9.86. The average molecular weight is 328 g/mol. The van der Waals surface area contributed by atoms with Crippen LogP contribution >= 0.6 is 0 Å². The molecule has 0 bridgehead atoms. The van der Waals surface area contributed by atoms with Gasteiger partial charge < -0.3 is 14.8 Å². The van der Waals surface area contributed by atoms with Gasteiger partial charge in [-0.1, -0.05) is 19.8 Å². The molecule has 0 radical (unpaired) electrons. The highest BCUT2D eigenvalue weighted by Gasteiger charge is 2.24. The van der Waals surface area contributed by atoms with Crippen molar-refractivity contribution in [2.24, 2.45) is 5.92 Å². The second-order valence-corrected chi connectivity index (χ2v) is 6.12. The average Bonchev–Trinajstić information content (AvgIpc) is 2.61. The van der Waals surface area contributed by atoms with Gasteiger partial charge in [-0.3, -0.25) is 4.79 Å². The molecule has 0 aromatic heterocycles. The minimum atomic E-state index is -0.325. The molecule has 1 fully saturated rings. The molecular weight excluding hydrogens is 304 g/mol. The summed E-state index contributed by atoms with van der Waals surface area (Å²) in [5.74, 6) is 1.33. The molecule has 2 rings (SSSR count). The number of amides is 1. The Morgan fingerprint density at radius 1 is 1.29 bits per heavy atom. The van der Waals surface area contributed by atoms with Crippen molar-refractivity contribution in [2.45, 2.75) is 38.6 Å². The second kappa shape index (κ2) is 8.39. The molecule has 24 heavy (non-hydrogen) atoms. The minimum Gasteiger partial charge on any atom is -0.497 e. The molecule has 1 aromatic rings. The summed E-state index contributed by atoms with van der Waals surface area (Å²) in [6, 6.07) is 7.40. The van der Waals surface area contributed by atoms with Crippen LogP contribution in [-0.4, -0.2) is 26.2 Å². The van der Waals surface area contributed by atoms with Gasteiger partial charge in [-0.15, -0.1) is 0 Å². The van der Waals surface area contributed by atoms with Crippen LogP contribution in [0.1, 0.15) is 38.2 Å². The number of benzene rings is 1. The summed E-state index contributed by atoms with van der Waals surface area (Å²) in [7, 11) is 3.12. The fraction of sp³-hybridized carbons (Fsp3) is 0.474. The molecule has 0 unspecified atom stereocenters. The third-order valence-electron chi connectivity index (χ3n) is 4.53. The van der Waals surface area contributed by atoms with Gasteiger partial charge in [-0.2, -0.15) is 5.26 Å². The topological polar surface area (TPSA) is 71.3 Å². The van der Waals surface area contributed by atoms with E-state index in [1.165, 1.54) is 6.42 Å². The van der Waals surface area contributed by atoms with Crippen molar-refractivity contribution < 1.29 is 14.3 Å². The zero-order valence-corrected chi connectivity index (χ0v) is 14.5. The molecule has 5 nitrogen and oxygen atoms in total. The Hall–Kier alpha value is -2.48. The number of nitriles is 1. The Labute approximate surface area is 143 Å². The van der Waals surface area contributed by atoms with E-state index in [1.54, 1.807) is 38.5 Å². The lowest BCUT2D eigenvalue weighted by Gasteiger charge is -2.29. The summed E-state index contributed by atoms with van der Waals surface area (Å²) in [4.78, 5) is 12.4. The number of nitrogens with one attached hydrogen (secondary N) is 1. The number of carbonyl (C=O) groups is 1. The predicted octanol–water partition coefficient (Wildman–Crippen LogP) is 3.31. The maximum Gasteiger partial charge on any atom is 0.262 e. The van der Waals surface area contributed by atoms with E-state index in [1.807, 2.05) is 6.07 Å². The molecule has 1 N–H and O–H groups in total. The van der Waals surface area contributed by atoms with E-state index in [-0.39, 0.29) is 17.5 Å². The first-order valence-corrected chi connectivity index (χ1v) is 8.23. The Balaban J connectivity index is 2.19. The van der Waals surface area contributed by atoms with Crippen LogP contribution in [0.2, 0.25) is 0 Å². The van der Waals surface area contributed by atoms with E-state index in [9.17, 15) is 10.1 Å². The Morgan fingerprint density at radius 3 is 2.67 bits per heavy atom. The SMILES string of the molecule is COc1ccc(/C=C(\C#N)C(=O)N[C@H]2CCCC[C@@H]2C)c(OC)c1. The predicted molar refractivity (Wildman–Crippen MR) is 92.7 cm³/mol. The van der Waals surface area contributed by atoms with Gasteiger partial charge in [0.15, 0.2) is 0 Å². The van der Waals surface area contributed by atoms with Gasteiger partial charge in [-0.25, -0.2) is 0 Å². The summed E-state index contributed by atoms with van der Waals surface area (Å²) in [5.41, 5.74) is 0.748. The van der Waals surface area contributed by atoms with Crippen molar-refractivity contribution in [1.29, 1.82) is 5.26 Å².